The normalized spacial score (nSPS) is 13.3. The average Bonchev–Trinajstić information content (AvgIpc) is 3.33. The Morgan fingerprint density at radius 1 is 0.333 bits per heavy atom. The Morgan fingerprint density at radius 3 is 1.56 bits per heavy atom. The van der Waals surface area contributed by atoms with Gasteiger partial charge in [-0.05, 0) is 100 Å². The summed E-state index contributed by atoms with van der Waals surface area (Å²) in [6, 6.07) is 58.3. The van der Waals surface area contributed by atoms with E-state index in [0.717, 1.165) is 0 Å². The quantitative estimate of drug-likeness (QED) is 0.185. The molecule has 9 rings (SSSR count). The van der Waals surface area contributed by atoms with E-state index in [9.17, 15) is 0 Å². The summed E-state index contributed by atoms with van der Waals surface area (Å²) in [5.74, 6) is 0. The Morgan fingerprint density at radius 2 is 0.889 bits per heavy atom. The molecule has 0 aromatic heterocycles. The van der Waals surface area contributed by atoms with Gasteiger partial charge in [0.1, 0.15) is 0 Å². The van der Waals surface area contributed by atoms with Crippen LogP contribution in [0.2, 0.25) is 0 Å². The smallest absolute Gasteiger partial charge is 0.0159 e. The highest BCUT2D eigenvalue weighted by Gasteiger charge is 2.37. The van der Waals surface area contributed by atoms with Crippen LogP contribution in [0.25, 0.3) is 76.8 Å². The maximum Gasteiger partial charge on any atom is 0.0159 e. The van der Waals surface area contributed by atoms with E-state index < -0.39 is 0 Å². The van der Waals surface area contributed by atoms with Crippen LogP contribution in [-0.2, 0) is 5.41 Å². The molecule has 0 saturated heterocycles. The Bertz CT molecular complexity index is 2390. The average molecular weight is 573 g/mol. The van der Waals surface area contributed by atoms with E-state index in [1.54, 1.807) is 0 Å². The first-order chi connectivity index (χ1) is 22.1. The molecule has 0 unspecified atom stereocenters. The Kier molecular flexibility index (Phi) is 5.64. The second-order valence-corrected chi connectivity index (χ2v) is 12.9. The Labute approximate surface area is 264 Å². The Balaban J connectivity index is 1.31. The standard InChI is InChI=1S/C45H32/c1-45(2)40-22-12-21-34(30-14-4-3-5-15-30)44(40)39-26-25-33(28-41(39)45)43-37-19-10-8-17-35(37)42(36-18-9-11-20-38(36)43)32-24-23-29-13-6-7-16-31(29)27-32/h3-28H,1-2H3. The highest BCUT2D eigenvalue weighted by Crippen LogP contribution is 2.54. The minimum atomic E-state index is -0.109. The van der Waals surface area contributed by atoms with Crippen molar-refractivity contribution in [2.75, 3.05) is 0 Å². The Hall–Kier alpha value is -5.46. The van der Waals surface area contributed by atoms with Gasteiger partial charge >= 0.3 is 0 Å². The summed E-state index contributed by atoms with van der Waals surface area (Å²) in [5.41, 5.74) is 13.1. The second kappa shape index (κ2) is 9.78. The van der Waals surface area contributed by atoms with Crippen molar-refractivity contribution in [3.05, 3.63) is 169 Å². The highest BCUT2D eigenvalue weighted by atomic mass is 14.4. The van der Waals surface area contributed by atoms with Crippen molar-refractivity contribution < 1.29 is 0 Å². The van der Waals surface area contributed by atoms with Gasteiger partial charge in [-0.3, -0.25) is 0 Å². The third-order valence-electron chi connectivity index (χ3n) is 10.0. The molecule has 0 spiro atoms. The minimum absolute atomic E-state index is 0.109. The van der Waals surface area contributed by atoms with E-state index in [-0.39, 0.29) is 5.41 Å². The number of hydrogen-bond donors (Lipinski definition) is 0. The van der Waals surface area contributed by atoms with Crippen molar-refractivity contribution in [2.24, 2.45) is 0 Å². The highest BCUT2D eigenvalue weighted by molar-refractivity contribution is 6.21. The molecule has 0 nitrogen and oxygen atoms in total. The number of hydrogen-bond acceptors (Lipinski definition) is 0. The predicted octanol–water partition coefficient (Wildman–Crippen LogP) is 12.5. The molecule has 0 fully saturated rings. The van der Waals surface area contributed by atoms with Crippen LogP contribution in [0.1, 0.15) is 25.0 Å². The van der Waals surface area contributed by atoms with Gasteiger partial charge < -0.3 is 0 Å². The fourth-order valence-electron chi connectivity index (χ4n) is 7.90. The number of benzene rings is 8. The number of fused-ring (bicyclic) bond motifs is 6. The van der Waals surface area contributed by atoms with Gasteiger partial charge in [-0.15, -0.1) is 0 Å². The van der Waals surface area contributed by atoms with E-state index in [1.165, 1.54) is 88.0 Å². The summed E-state index contributed by atoms with van der Waals surface area (Å²) in [5, 5.41) is 7.69. The molecule has 0 aliphatic heterocycles. The maximum absolute atomic E-state index is 2.48. The van der Waals surface area contributed by atoms with Crippen molar-refractivity contribution in [2.45, 2.75) is 19.3 Å². The summed E-state index contributed by atoms with van der Waals surface area (Å²) < 4.78 is 0. The molecule has 1 aliphatic carbocycles. The van der Waals surface area contributed by atoms with Crippen molar-refractivity contribution in [1.82, 2.24) is 0 Å². The molecule has 0 amide bonds. The molecule has 0 radical (unpaired) electrons. The third-order valence-corrected chi connectivity index (χ3v) is 10.0. The van der Waals surface area contributed by atoms with Crippen LogP contribution in [0.3, 0.4) is 0 Å². The van der Waals surface area contributed by atoms with Gasteiger partial charge in [0, 0.05) is 5.41 Å². The molecule has 45 heavy (non-hydrogen) atoms. The monoisotopic (exact) mass is 572 g/mol. The number of rotatable bonds is 3. The van der Waals surface area contributed by atoms with Gasteiger partial charge in [0.15, 0.2) is 0 Å². The zero-order valence-corrected chi connectivity index (χ0v) is 25.5. The molecule has 212 valence electrons. The lowest BCUT2D eigenvalue weighted by Gasteiger charge is -2.23. The van der Waals surface area contributed by atoms with Gasteiger partial charge in [-0.2, -0.15) is 0 Å². The zero-order valence-electron chi connectivity index (χ0n) is 25.5. The second-order valence-electron chi connectivity index (χ2n) is 12.9. The van der Waals surface area contributed by atoms with E-state index >= 15 is 0 Å². The van der Waals surface area contributed by atoms with E-state index in [2.05, 4.69) is 172 Å². The predicted molar refractivity (Wildman–Crippen MR) is 193 cm³/mol. The molecule has 0 heteroatoms. The first-order valence-corrected chi connectivity index (χ1v) is 15.9. The van der Waals surface area contributed by atoms with Crippen LogP contribution in [0, 0.1) is 0 Å². The summed E-state index contributed by atoms with van der Waals surface area (Å²) in [6.45, 7) is 4.77. The fourth-order valence-corrected chi connectivity index (χ4v) is 7.90. The molecule has 0 N–H and O–H groups in total. The van der Waals surface area contributed by atoms with Crippen LogP contribution in [0.4, 0.5) is 0 Å². The van der Waals surface area contributed by atoms with Gasteiger partial charge in [0.2, 0.25) is 0 Å². The first kappa shape index (κ1) is 26.0. The van der Waals surface area contributed by atoms with Crippen LogP contribution >= 0.6 is 0 Å². The van der Waals surface area contributed by atoms with Gasteiger partial charge in [-0.1, -0.05) is 159 Å². The van der Waals surface area contributed by atoms with Gasteiger partial charge in [0.25, 0.3) is 0 Å². The van der Waals surface area contributed by atoms with Crippen molar-refractivity contribution in [3.8, 4) is 44.5 Å². The lowest BCUT2D eigenvalue weighted by atomic mass is 9.80. The summed E-state index contributed by atoms with van der Waals surface area (Å²) >= 11 is 0. The SMILES string of the molecule is CC1(C)c2cc(-c3c4ccccc4c(-c4ccc5ccccc5c4)c4ccccc34)ccc2-c2c(-c3ccccc3)cccc21. The molecule has 0 bridgehead atoms. The molecular formula is C45H32. The van der Waals surface area contributed by atoms with E-state index in [1.807, 2.05) is 0 Å². The van der Waals surface area contributed by atoms with Crippen LogP contribution < -0.4 is 0 Å². The topological polar surface area (TPSA) is 0 Å². The van der Waals surface area contributed by atoms with E-state index in [0.29, 0.717) is 0 Å². The summed E-state index contributed by atoms with van der Waals surface area (Å²) in [6.07, 6.45) is 0. The van der Waals surface area contributed by atoms with Crippen molar-refractivity contribution >= 4 is 32.3 Å². The molecule has 0 saturated carbocycles. The van der Waals surface area contributed by atoms with Gasteiger partial charge in [0.05, 0.1) is 0 Å². The molecule has 0 heterocycles. The molecule has 0 atom stereocenters. The van der Waals surface area contributed by atoms with Crippen molar-refractivity contribution in [1.29, 1.82) is 0 Å². The third kappa shape index (κ3) is 3.85. The summed E-state index contributed by atoms with van der Waals surface area (Å²) in [7, 11) is 0. The van der Waals surface area contributed by atoms with Crippen LogP contribution in [0.5, 0.6) is 0 Å². The molecule has 8 aromatic rings. The van der Waals surface area contributed by atoms with Crippen LogP contribution in [0.15, 0.2) is 158 Å². The minimum Gasteiger partial charge on any atom is -0.0622 e. The largest absolute Gasteiger partial charge is 0.0622 e. The zero-order chi connectivity index (χ0) is 30.1. The fraction of sp³-hybridized carbons (Fsp3) is 0.0667. The molecular weight excluding hydrogens is 540 g/mol. The van der Waals surface area contributed by atoms with E-state index in [4.69, 9.17) is 0 Å². The first-order valence-electron chi connectivity index (χ1n) is 15.9. The molecule has 8 aromatic carbocycles. The summed E-state index contributed by atoms with van der Waals surface area (Å²) in [4.78, 5) is 0. The lowest BCUT2D eigenvalue weighted by Crippen LogP contribution is -2.15. The molecule has 1 aliphatic rings. The van der Waals surface area contributed by atoms with Crippen LogP contribution in [-0.4, -0.2) is 0 Å². The maximum atomic E-state index is 2.48. The lowest BCUT2D eigenvalue weighted by molar-refractivity contribution is 0.661. The van der Waals surface area contributed by atoms with Gasteiger partial charge in [-0.25, -0.2) is 0 Å². The van der Waals surface area contributed by atoms with Crippen molar-refractivity contribution in [3.63, 3.8) is 0 Å².